The Hall–Kier alpha value is -2.99. The molecule has 1 N–H and O–H groups in total. The number of carbonyl (C=O) groups is 1. The highest BCUT2D eigenvalue weighted by Crippen LogP contribution is 2.14. The molecule has 0 atom stereocenters. The van der Waals surface area contributed by atoms with Gasteiger partial charge in [-0.1, -0.05) is 48.9 Å². The lowest BCUT2D eigenvalue weighted by atomic mass is 10.1. The predicted octanol–water partition coefficient (Wildman–Crippen LogP) is 3.61. The lowest BCUT2D eigenvalue weighted by molar-refractivity contribution is 0.0949. The molecule has 3 aromatic rings. The molecule has 27 heavy (non-hydrogen) atoms. The Morgan fingerprint density at radius 3 is 2.41 bits per heavy atom. The molecule has 0 bridgehead atoms. The van der Waals surface area contributed by atoms with Gasteiger partial charge in [0.25, 0.3) is 11.5 Å². The van der Waals surface area contributed by atoms with E-state index in [0.29, 0.717) is 34.5 Å². The minimum absolute atomic E-state index is 0.169. The van der Waals surface area contributed by atoms with E-state index >= 15 is 0 Å². The van der Waals surface area contributed by atoms with Crippen LogP contribution in [0, 0.1) is 0 Å². The van der Waals surface area contributed by atoms with Crippen LogP contribution in [0.3, 0.4) is 0 Å². The van der Waals surface area contributed by atoms with Gasteiger partial charge in [0.05, 0.1) is 11.1 Å². The quantitative estimate of drug-likeness (QED) is 0.541. The van der Waals surface area contributed by atoms with Gasteiger partial charge in [-0.05, 0) is 37.1 Å². The Bertz CT molecular complexity index is 1070. The summed E-state index contributed by atoms with van der Waals surface area (Å²) in [4.78, 5) is 25.1. The largest absolute Gasteiger partial charge is 0.292 e. The molecule has 7 heteroatoms. The minimum atomic E-state index is -0.465. The predicted molar refractivity (Wildman–Crippen MR) is 107 cm³/mol. The summed E-state index contributed by atoms with van der Waals surface area (Å²) in [5.74, 6) is -0.465. The number of hydrazone groups is 1. The summed E-state index contributed by atoms with van der Waals surface area (Å²) in [6.45, 7) is 4.13. The maximum atomic E-state index is 12.7. The van der Waals surface area contributed by atoms with Crippen LogP contribution < -0.4 is 11.0 Å². The first-order chi connectivity index (χ1) is 13.0. The van der Waals surface area contributed by atoms with Crippen LogP contribution in [0.1, 0.15) is 36.3 Å². The molecule has 0 unspecified atom stereocenters. The molecule has 3 rings (SSSR count). The Morgan fingerprint density at radius 2 is 1.78 bits per heavy atom. The fourth-order valence-corrected chi connectivity index (χ4v) is 2.90. The van der Waals surface area contributed by atoms with Crippen LogP contribution in [0.15, 0.2) is 58.4 Å². The Labute approximate surface area is 161 Å². The number of aromatic nitrogens is 2. The zero-order valence-corrected chi connectivity index (χ0v) is 15.8. The van der Waals surface area contributed by atoms with Crippen molar-refractivity contribution in [1.82, 2.24) is 15.2 Å². The van der Waals surface area contributed by atoms with Crippen LogP contribution in [-0.4, -0.2) is 21.4 Å². The number of nitrogens with one attached hydrogen (secondary N) is 1. The first-order valence-electron chi connectivity index (χ1n) is 8.67. The number of fused-ring (bicyclic) bond motifs is 1. The summed E-state index contributed by atoms with van der Waals surface area (Å²) in [6, 6.07) is 14.2. The second-order valence-electron chi connectivity index (χ2n) is 5.87. The molecule has 0 spiro atoms. The van der Waals surface area contributed by atoms with Crippen LogP contribution in [0.5, 0.6) is 0 Å². The van der Waals surface area contributed by atoms with E-state index in [2.05, 4.69) is 15.6 Å². The third-order valence-corrected chi connectivity index (χ3v) is 4.44. The molecule has 0 fully saturated rings. The molecule has 1 amide bonds. The normalized spacial score (nSPS) is 11.6. The Morgan fingerprint density at radius 1 is 1.11 bits per heavy atom. The number of rotatable bonds is 5. The number of amides is 1. The van der Waals surface area contributed by atoms with Gasteiger partial charge in [0.2, 0.25) is 0 Å². The summed E-state index contributed by atoms with van der Waals surface area (Å²) in [7, 11) is 0. The summed E-state index contributed by atoms with van der Waals surface area (Å²) >= 11 is 5.92. The molecule has 6 nitrogen and oxygen atoms in total. The van der Waals surface area contributed by atoms with Crippen molar-refractivity contribution in [2.45, 2.75) is 26.8 Å². The van der Waals surface area contributed by atoms with Crippen LogP contribution in [0.2, 0.25) is 5.02 Å². The van der Waals surface area contributed by atoms with E-state index in [0.717, 1.165) is 5.56 Å². The highest BCUT2D eigenvalue weighted by molar-refractivity contribution is 6.30. The molecular weight excluding hydrogens is 364 g/mol. The van der Waals surface area contributed by atoms with Gasteiger partial charge in [-0.15, -0.1) is 0 Å². The van der Waals surface area contributed by atoms with Crippen LogP contribution in [0.4, 0.5) is 0 Å². The zero-order chi connectivity index (χ0) is 19.4. The third-order valence-electron chi connectivity index (χ3n) is 4.19. The van der Waals surface area contributed by atoms with Crippen LogP contribution in [0.25, 0.3) is 10.8 Å². The Kier molecular flexibility index (Phi) is 5.66. The maximum absolute atomic E-state index is 12.7. The highest BCUT2D eigenvalue weighted by atomic mass is 35.5. The van der Waals surface area contributed by atoms with E-state index in [1.165, 1.54) is 4.68 Å². The molecule has 138 valence electrons. The van der Waals surface area contributed by atoms with E-state index in [9.17, 15) is 9.59 Å². The highest BCUT2D eigenvalue weighted by Gasteiger charge is 2.16. The monoisotopic (exact) mass is 382 g/mol. The van der Waals surface area contributed by atoms with Gasteiger partial charge in [-0.3, -0.25) is 9.59 Å². The van der Waals surface area contributed by atoms with Crippen LogP contribution in [-0.2, 0) is 6.54 Å². The number of hydrogen-bond donors (Lipinski definition) is 1. The van der Waals surface area contributed by atoms with Gasteiger partial charge in [0.15, 0.2) is 5.69 Å². The summed E-state index contributed by atoms with van der Waals surface area (Å²) in [5.41, 5.74) is 4.10. The minimum Gasteiger partial charge on any atom is -0.267 e. The molecule has 1 heterocycles. The van der Waals surface area contributed by atoms with Gasteiger partial charge < -0.3 is 0 Å². The van der Waals surface area contributed by atoms with Crippen molar-refractivity contribution in [2.75, 3.05) is 0 Å². The molecule has 0 aliphatic carbocycles. The molecule has 0 radical (unpaired) electrons. The molecule has 0 aliphatic heterocycles. The second-order valence-corrected chi connectivity index (χ2v) is 6.31. The fraction of sp³-hybridized carbons (Fsp3) is 0.200. The lowest BCUT2D eigenvalue weighted by Gasteiger charge is -2.09. The van der Waals surface area contributed by atoms with Crippen molar-refractivity contribution in [1.29, 1.82) is 0 Å². The van der Waals surface area contributed by atoms with E-state index in [-0.39, 0.29) is 11.3 Å². The van der Waals surface area contributed by atoms with Crippen molar-refractivity contribution in [2.24, 2.45) is 5.10 Å². The topological polar surface area (TPSA) is 76.3 Å². The zero-order valence-electron chi connectivity index (χ0n) is 15.1. The van der Waals surface area contributed by atoms with E-state index in [4.69, 9.17) is 11.6 Å². The summed E-state index contributed by atoms with van der Waals surface area (Å²) in [6.07, 6.45) is 0.630. The first kappa shape index (κ1) is 18.8. The average Bonchev–Trinajstić information content (AvgIpc) is 2.70. The molecule has 0 saturated carbocycles. The van der Waals surface area contributed by atoms with Gasteiger partial charge in [-0.25, -0.2) is 10.1 Å². The maximum Gasteiger partial charge on any atom is 0.292 e. The molecule has 0 aliphatic rings. The molecule has 1 aromatic heterocycles. The first-order valence-corrected chi connectivity index (χ1v) is 9.05. The van der Waals surface area contributed by atoms with Gasteiger partial charge >= 0.3 is 0 Å². The van der Waals surface area contributed by atoms with E-state index < -0.39 is 5.91 Å². The van der Waals surface area contributed by atoms with Gasteiger partial charge in [-0.2, -0.15) is 10.2 Å². The number of aryl methyl sites for hydroxylation is 1. The fourth-order valence-electron chi connectivity index (χ4n) is 2.78. The van der Waals surface area contributed by atoms with Gasteiger partial charge in [0, 0.05) is 17.0 Å². The number of hydrogen-bond acceptors (Lipinski definition) is 4. The number of carbonyl (C=O) groups excluding carboxylic acids is 1. The number of halogens is 1. The molecular formula is C20H19ClN4O2. The Balaban J connectivity index is 1.97. The molecule has 0 saturated heterocycles. The van der Waals surface area contributed by atoms with Crippen molar-refractivity contribution >= 4 is 34.0 Å². The number of nitrogens with zero attached hydrogens (tertiary/aromatic N) is 3. The SMILES string of the molecule is CC/C(=N/NC(=O)c1nn(CC)c(=O)c2ccccc12)c1ccc(Cl)cc1. The van der Waals surface area contributed by atoms with Crippen molar-refractivity contribution in [3.05, 3.63) is 75.2 Å². The van der Waals surface area contributed by atoms with Gasteiger partial charge in [0.1, 0.15) is 0 Å². The number of benzene rings is 2. The molecule has 2 aromatic carbocycles. The second kappa shape index (κ2) is 8.14. The lowest BCUT2D eigenvalue weighted by Crippen LogP contribution is -2.29. The van der Waals surface area contributed by atoms with Crippen molar-refractivity contribution < 1.29 is 4.79 Å². The average molecular weight is 383 g/mol. The van der Waals surface area contributed by atoms with E-state index in [1.54, 1.807) is 43.3 Å². The van der Waals surface area contributed by atoms with Crippen molar-refractivity contribution in [3.63, 3.8) is 0 Å². The third kappa shape index (κ3) is 3.90. The van der Waals surface area contributed by atoms with Crippen molar-refractivity contribution in [3.8, 4) is 0 Å². The van der Waals surface area contributed by atoms with Crippen LogP contribution >= 0.6 is 11.6 Å². The summed E-state index contributed by atoms with van der Waals surface area (Å²) < 4.78 is 1.28. The van der Waals surface area contributed by atoms with E-state index in [1.807, 2.05) is 19.1 Å². The summed E-state index contributed by atoms with van der Waals surface area (Å²) in [5, 5.41) is 10.1. The standard InChI is InChI=1S/C20H19ClN4O2/c1-3-17(13-9-11-14(21)12-10-13)22-23-19(26)18-15-7-5-6-8-16(15)20(27)25(4-2)24-18/h5-12H,3-4H2,1-2H3,(H,23,26)/b22-17-. The smallest absolute Gasteiger partial charge is 0.267 e.